The van der Waals surface area contributed by atoms with Crippen LogP contribution in [0, 0.1) is 0 Å². The van der Waals surface area contributed by atoms with Crippen molar-refractivity contribution in [2.24, 2.45) is 0 Å². The first-order chi connectivity index (χ1) is 13.2. The maximum absolute atomic E-state index is 10.7. The van der Waals surface area contributed by atoms with Crippen LogP contribution in [-0.4, -0.2) is 49.6 Å². The van der Waals surface area contributed by atoms with Crippen LogP contribution in [0.15, 0.2) is 48.5 Å². The van der Waals surface area contributed by atoms with E-state index in [9.17, 15) is 5.11 Å². The highest BCUT2D eigenvalue weighted by Crippen LogP contribution is 2.37. The third kappa shape index (κ3) is 3.94. The lowest BCUT2D eigenvalue weighted by Crippen LogP contribution is -2.42. The molecule has 0 saturated carbocycles. The third-order valence-electron chi connectivity index (χ3n) is 5.29. The van der Waals surface area contributed by atoms with Gasteiger partial charge in [0.2, 0.25) is 6.79 Å². The van der Waals surface area contributed by atoms with Crippen molar-refractivity contribution >= 4 is 6.08 Å². The Balaban J connectivity index is 1.35. The van der Waals surface area contributed by atoms with E-state index < -0.39 is 6.10 Å². The van der Waals surface area contributed by atoms with Gasteiger partial charge in [0, 0.05) is 24.6 Å². The van der Waals surface area contributed by atoms with Gasteiger partial charge in [0.05, 0.1) is 13.2 Å². The predicted octanol–water partition coefficient (Wildman–Crippen LogP) is 3.29. The molecule has 27 heavy (non-hydrogen) atoms. The van der Waals surface area contributed by atoms with Crippen LogP contribution in [0.25, 0.3) is 6.08 Å². The lowest BCUT2D eigenvalue weighted by atomic mass is 9.87. The molecule has 0 unspecified atom stereocenters. The van der Waals surface area contributed by atoms with Crippen LogP contribution < -0.4 is 14.2 Å². The molecule has 0 amide bonds. The Bertz CT molecular complexity index is 820. The minimum atomic E-state index is -0.390. The summed E-state index contributed by atoms with van der Waals surface area (Å²) in [6.45, 7) is 2.70. The third-order valence-corrected chi connectivity index (χ3v) is 5.29. The lowest BCUT2D eigenvalue weighted by molar-refractivity contribution is 0.0570. The number of likely N-dealkylation sites (tertiary alicyclic amines) is 1. The van der Waals surface area contributed by atoms with Crippen LogP contribution >= 0.6 is 0 Å². The molecule has 142 valence electrons. The molecule has 4 rings (SSSR count). The van der Waals surface area contributed by atoms with Crippen molar-refractivity contribution in [2.45, 2.75) is 18.4 Å². The molecule has 1 fully saturated rings. The van der Waals surface area contributed by atoms with E-state index >= 15 is 0 Å². The summed E-state index contributed by atoms with van der Waals surface area (Å²) in [6, 6.07) is 13.9. The molecule has 5 heteroatoms. The number of fused-ring (bicyclic) bond motifs is 1. The van der Waals surface area contributed by atoms with Gasteiger partial charge in [0.15, 0.2) is 11.5 Å². The molecule has 2 aliphatic rings. The number of para-hydroxylation sites is 1. The summed E-state index contributed by atoms with van der Waals surface area (Å²) < 4.78 is 16.2. The van der Waals surface area contributed by atoms with Crippen molar-refractivity contribution in [3.63, 3.8) is 0 Å². The number of ether oxygens (including phenoxy) is 3. The molecule has 1 saturated heterocycles. The number of aliphatic hydroxyl groups is 1. The van der Waals surface area contributed by atoms with Crippen LogP contribution in [0.3, 0.4) is 0 Å². The van der Waals surface area contributed by atoms with E-state index in [4.69, 9.17) is 14.2 Å². The van der Waals surface area contributed by atoms with E-state index in [0.717, 1.165) is 47.9 Å². The smallest absolute Gasteiger partial charge is 0.231 e. The second-order valence-electron chi connectivity index (χ2n) is 6.98. The second-order valence-corrected chi connectivity index (χ2v) is 6.98. The zero-order valence-corrected chi connectivity index (χ0v) is 15.5. The largest absolute Gasteiger partial charge is 0.496 e. The van der Waals surface area contributed by atoms with Crippen LogP contribution in [0.4, 0.5) is 0 Å². The van der Waals surface area contributed by atoms with Crippen LogP contribution in [-0.2, 0) is 0 Å². The fourth-order valence-electron chi connectivity index (χ4n) is 3.83. The Morgan fingerprint density at radius 3 is 2.89 bits per heavy atom. The zero-order chi connectivity index (χ0) is 18.6. The number of methoxy groups -OCH3 is 1. The van der Waals surface area contributed by atoms with E-state index in [0.29, 0.717) is 6.54 Å². The number of aliphatic hydroxyl groups excluding tert-OH is 1. The number of β-amino-alcohol motifs (C(OH)–C–C–N with tert-alkyl or cyclic N) is 1. The van der Waals surface area contributed by atoms with Gasteiger partial charge in [-0.05, 0) is 36.7 Å². The van der Waals surface area contributed by atoms with E-state index in [1.807, 2.05) is 42.5 Å². The fraction of sp³-hybridized carbons (Fsp3) is 0.364. The SMILES string of the molecule is COc1ccccc1C=CCN1CC[C@@H](c2ccc3c(c2)OCO3)[C@H](O)C1. The first kappa shape index (κ1) is 17.9. The molecule has 0 aromatic heterocycles. The number of rotatable bonds is 5. The Labute approximate surface area is 159 Å². The predicted molar refractivity (Wildman–Crippen MR) is 104 cm³/mol. The first-order valence-electron chi connectivity index (χ1n) is 9.34. The molecule has 0 bridgehead atoms. The molecule has 1 N–H and O–H groups in total. The maximum atomic E-state index is 10.7. The van der Waals surface area contributed by atoms with Crippen molar-refractivity contribution in [3.8, 4) is 17.2 Å². The van der Waals surface area contributed by atoms with Crippen LogP contribution in [0.5, 0.6) is 17.2 Å². The molecule has 2 heterocycles. The average Bonchev–Trinajstić information content (AvgIpc) is 3.16. The van der Waals surface area contributed by atoms with Gasteiger partial charge < -0.3 is 19.3 Å². The summed E-state index contributed by atoms with van der Waals surface area (Å²) in [4.78, 5) is 2.28. The number of hydrogen-bond donors (Lipinski definition) is 1. The van der Waals surface area contributed by atoms with Crippen LogP contribution in [0.1, 0.15) is 23.5 Å². The van der Waals surface area contributed by atoms with Gasteiger partial charge in [-0.25, -0.2) is 0 Å². The fourth-order valence-corrected chi connectivity index (χ4v) is 3.83. The first-order valence-corrected chi connectivity index (χ1v) is 9.34. The highest BCUT2D eigenvalue weighted by atomic mass is 16.7. The van der Waals surface area contributed by atoms with Crippen molar-refractivity contribution in [2.75, 3.05) is 33.5 Å². The minimum Gasteiger partial charge on any atom is -0.496 e. The molecule has 5 nitrogen and oxygen atoms in total. The summed E-state index contributed by atoms with van der Waals surface area (Å²) in [5.74, 6) is 2.57. The molecule has 2 aliphatic heterocycles. The highest BCUT2D eigenvalue weighted by molar-refractivity contribution is 5.57. The van der Waals surface area contributed by atoms with E-state index in [2.05, 4.69) is 17.1 Å². The summed E-state index contributed by atoms with van der Waals surface area (Å²) in [6.07, 6.45) is 4.74. The summed E-state index contributed by atoms with van der Waals surface area (Å²) in [7, 11) is 1.68. The van der Waals surface area contributed by atoms with Gasteiger partial charge in [-0.3, -0.25) is 4.90 Å². The van der Waals surface area contributed by atoms with Crippen LogP contribution in [0.2, 0.25) is 0 Å². The Morgan fingerprint density at radius 2 is 2.04 bits per heavy atom. The van der Waals surface area contributed by atoms with Crippen molar-refractivity contribution < 1.29 is 19.3 Å². The topological polar surface area (TPSA) is 51.2 Å². The van der Waals surface area contributed by atoms with Crippen molar-refractivity contribution in [1.29, 1.82) is 0 Å². The van der Waals surface area contributed by atoms with Gasteiger partial charge in [-0.15, -0.1) is 0 Å². The summed E-state index contributed by atoms with van der Waals surface area (Å²) in [5, 5.41) is 10.7. The minimum absolute atomic E-state index is 0.133. The molecule has 2 aromatic carbocycles. The molecule has 0 spiro atoms. The van der Waals surface area contributed by atoms with Gasteiger partial charge in [0.25, 0.3) is 0 Å². The normalized spacial score (nSPS) is 22.3. The Hall–Kier alpha value is -2.50. The highest BCUT2D eigenvalue weighted by Gasteiger charge is 2.29. The summed E-state index contributed by atoms with van der Waals surface area (Å²) in [5.41, 5.74) is 2.19. The molecule has 2 atom stereocenters. The standard InChI is InChI=1S/C22H25NO4/c1-25-20-7-3-2-5-16(20)6-4-11-23-12-10-18(19(24)14-23)17-8-9-21-22(13-17)27-15-26-21/h2-9,13,18-19,24H,10-12,14-15H2,1H3/t18-,19+/m0/s1. The number of piperidine rings is 1. The van der Waals surface area contributed by atoms with Gasteiger partial charge in [-0.2, -0.15) is 0 Å². The van der Waals surface area contributed by atoms with Crippen molar-refractivity contribution in [1.82, 2.24) is 4.90 Å². The molecule has 0 aliphatic carbocycles. The van der Waals surface area contributed by atoms with E-state index in [1.165, 1.54) is 0 Å². The maximum Gasteiger partial charge on any atom is 0.231 e. The second kappa shape index (κ2) is 8.03. The summed E-state index contributed by atoms with van der Waals surface area (Å²) >= 11 is 0. The van der Waals surface area contributed by atoms with Crippen molar-refractivity contribution in [3.05, 3.63) is 59.7 Å². The van der Waals surface area contributed by atoms with Gasteiger partial charge >= 0.3 is 0 Å². The average molecular weight is 367 g/mol. The van der Waals surface area contributed by atoms with Gasteiger partial charge in [0.1, 0.15) is 5.75 Å². The number of nitrogens with zero attached hydrogens (tertiary/aromatic N) is 1. The Morgan fingerprint density at radius 1 is 1.19 bits per heavy atom. The zero-order valence-electron chi connectivity index (χ0n) is 15.5. The van der Waals surface area contributed by atoms with E-state index in [-0.39, 0.29) is 12.7 Å². The quantitative estimate of drug-likeness (QED) is 0.879. The van der Waals surface area contributed by atoms with E-state index in [1.54, 1.807) is 7.11 Å². The lowest BCUT2D eigenvalue weighted by Gasteiger charge is -2.35. The number of benzene rings is 2. The number of hydrogen-bond acceptors (Lipinski definition) is 5. The molecular formula is C22H25NO4. The Kier molecular flexibility index (Phi) is 5.32. The van der Waals surface area contributed by atoms with Gasteiger partial charge in [-0.1, -0.05) is 36.4 Å². The molecular weight excluding hydrogens is 342 g/mol. The molecule has 0 radical (unpaired) electrons. The molecule has 2 aromatic rings. The monoisotopic (exact) mass is 367 g/mol.